The van der Waals surface area contributed by atoms with Gasteiger partial charge in [0.15, 0.2) is 0 Å². The molecule has 0 radical (unpaired) electrons. The van der Waals surface area contributed by atoms with Crippen molar-refractivity contribution >= 4 is 33.6 Å². The second-order valence-electron chi connectivity index (χ2n) is 8.52. The van der Waals surface area contributed by atoms with Crippen molar-refractivity contribution in [3.05, 3.63) is 101 Å². The summed E-state index contributed by atoms with van der Waals surface area (Å²) in [6.45, 7) is 3.58. The van der Waals surface area contributed by atoms with E-state index in [1.165, 1.54) is 16.0 Å². The van der Waals surface area contributed by atoms with Crippen molar-refractivity contribution < 1.29 is 4.79 Å². The maximum absolute atomic E-state index is 13.2. The highest BCUT2D eigenvalue weighted by Gasteiger charge is 2.27. The summed E-state index contributed by atoms with van der Waals surface area (Å²) in [6.07, 6.45) is 2.52. The van der Waals surface area contributed by atoms with Crippen molar-refractivity contribution in [1.29, 1.82) is 0 Å². The Bertz CT molecular complexity index is 997. The summed E-state index contributed by atoms with van der Waals surface area (Å²) in [4.78, 5) is 19.0. The molecular weight excluding hydrogens is 492 g/mol. The van der Waals surface area contributed by atoms with Gasteiger partial charge in [0.2, 0.25) is 5.91 Å². The van der Waals surface area contributed by atoms with E-state index in [-0.39, 0.29) is 11.9 Å². The average molecular weight is 524 g/mol. The van der Waals surface area contributed by atoms with Crippen molar-refractivity contribution in [3.8, 4) is 0 Å². The van der Waals surface area contributed by atoms with Crippen LogP contribution in [0.3, 0.4) is 0 Å². The first-order chi connectivity index (χ1) is 16.2. The second-order valence-corrected chi connectivity index (χ2v) is 10.5. The second kappa shape index (κ2) is 12.4. The van der Waals surface area contributed by atoms with Crippen LogP contribution >= 0.6 is 27.7 Å². The lowest BCUT2D eigenvalue weighted by atomic mass is 10.1. The molecule has 0 spiro atoms. The van der Waals surface area contributed by atoms with Crippen molar-refractivity contribution in [1.82, 2.24) is 9.80 Å². The van der Waals surface area contributed by atoms with Gasteiger partial charge in [-0.1, -0.05) is 76.6 Å². The van der Waals surface area contributed by atoms with E-state index >= 15 is 0 Å². The monoisotopic (exact) mass is 522 g/mol. The molecule has 1 fully saturated rings. The Morgan fingerprint density at radius 1 is 0.818 bits per heavy atom. The largest absolute Gasteiger partial charge is 0.337 e. The summed E-state index contributed by atoms with van der Waals surface area (Å²) in [5.74, 6) is 1.18. The third-order valence-corrected chi connectivity index (χ3v) is 7.88. The molecule has 3 aromatic carbocycles. The topological polar surface area (TPSA) is 23.6 Å². The number of hydrogen-bond acceptors (Lipinski definition) is 3. The summed E-state index contributed by atoms with van der Waals surface area (Å²) >= 11 is 5.35. The average Bonchev–Trinajstić information content (AvgIpc) is 3.04. The predicted octanol–water partition coefficient (Wildman–Crippen LogP) is 5.93. The zero-order valence-corrected chi connectivity index (χ0v) is 21.3. The number of thioether (sulfide) groups is 1. The number of carbonyl (C=O) groups excluding carboxylic acids is 1. The Morgan fingerprint density at radius 3 is 2.18 bits per heavy atom. The summed E-state index contributed by atoms with van der Waals surface area (Å²) in [5.41, 5.74) is 2.65. The number of halogens is 1. The smallest absolute Gasteiger partial charge is 0.224 e. The SMILES string of the molecule is O=C1CCN(CCc2ccccc2)CCN1[C@H](CSc1ccc(Br)cc1)Cc1ccccc1. The van der Waals surface area contributed by atoms with Crippen LogP contribution in [0.5, 0.6) is 0 Å². The molecule has 0 aromatic heterocycles. The van der Waals surface area contributed by atoms with Gasteiger partial charge in [-0.3, -0.25) is 4.79 Å². The highest BCUT2D eigenvalue weighted by molar-refractivity contribution is 9.10. The molecule has 0 N–H and O–H groups in total. The zero-order chi connectivity index (χ0) is 22.9. The Labute approximate surface area is 210 Å². The fraction of sp³-hybridized carbons (Fsp3) is 0.321. The lowest BCUT2D eigenvalue weighted by molar-refractivity contribution is -0.132. The minimum Gasteiger partial charge on any atom is -0.337 e. The molecule has 172 valence electrons. The minimum atomic E-state index is 0.183. The van der Waals surface area contributed by atoms with E-state index in [1.807, 2.05) is 11.8 Å². The van der Waals surface area contributed by atoms with Gasteiger partial charge in [0, 0.05) is 53.8 Å². The highest BCUT2D eigenvalue weighted by Crippen LogP contribution is 2.25. The molecule has 1 atom stereocenters. The normalized spacial score (nSPS) is 15.9. The van der Waals surface area contributed by atoms with Crippen LogP contribution in [0, 0.1) is 0 Å². The summed E-state index contributed by atoms with van der Waals surface area (Å²) in [5, 5.41) is 0. The van der Waals surface area contributed by atoms with Crippen LogP contribution in [0.25, 0.3) is 0 Å². The summed E-state index contributed by atoms with van der Waals surface area (Å²) in [7, 11) is 0. The first-order valence-corrected chi connectivity index (χ1v) is 13.4. The van der Waals surface area contributed by atoms with Crippen LogP contribution in [-0.4, -0.2) is 53.7 Å². The fourth-order valence-electron chi connectivity index (χ4n) is 4.29. The maximum Gasteiger partial charge on any atom is 0.224 e. The van der Waals surface area contributed by atoms with E-state index in [4.69, 9.17) is 0 Å². The van der Waals surface area contributed by atoms with Gasteiger partial charge in [-0.2, -0.15) is 0 Å². The molecule has 3 nitrogen and oxygen atoms in total. The van der Waals surface area contributed by atoms with Crippen LogP contribution < -0.4 is 0 Å². The van der Waals surface area contributed by atoms with Gasteiger partial charge in [0.1, 0.15) is 0 Å². The Hall–Kier alpha value is -2.08. The Kier molecular flexibility index (Phi) is 9.04. The maximum atomic E-state index is 13.2. The summed E-state index contributed by atoms with van der Waals surface area (Å²) < 4.78 is 1.09. The molecule has 0 bridgehead atoms. The first kappa shape index (κ1) is 24.1. The van der Waals surface area contributed by atoms with Gasteiger partial charge in [0.05, 0.1) is 0 Å². The number of amides is 1. The molecule has 5 heteroatoms. The number of benzene rings is 3. The third-order valence-electron chi connectivity index (χ3n) is 6.19. The molecule has 1 saturated heterocycles. The standard InChI is InChI=1S/C28H31BrN2OS/c29-25-11-13-27(14-12-25)33-22-26(21-24-9-5-2-6-10-24)31-20-19-30(18-16-28(31)32)17-15-23-7-3-1-4-8-23/h1-14,26H,15-22H2/t26-/m0/s1. The quantitative estimate of drug-likeness (QED) is 0.325. The van der Waals surface area contributed by atoms with Crippen molar-refractivity contribution in [2.75, 3.05) is 31.9 Å². The van der Waals surface area contributed by atoms with E-state index in [0.29, 0.717) is 6.42 Å². The zero-order valence-electron chi connectivity index (χ0n) is 18.9. The number of nitrogens with zero attached hydrogens (tertiary/aromatic N) is 2. The van der Waals surface area contributed by atoms with Crippen molar-refractivity contribution in [2.45, 2.75) is 30.2 Å². The molecule has 0 unspecified atom stereocenters. The van der Waals surface area contributed by atoms with Crippen LogP contribution in [0.4, 0.5) is 0 Å². The fourth-order valence-corrected chi connectivity index (χ4v) is 5.57. The van der Waals surface area contributed by atoms with E-state index in [2.05, 4.69) is 111 Å². The van der Waals surface area contributed by atoms with Crippen LogP contribution in [0.15, 0.2) is 94.3 Å². The van der Waals surface area contributed by atoms with Crippen LogP contribution in [0.1, 0.15) is 17.5 Å². The number of rotatable bonds is 9. The van der Waals surface area contributed by atoms with Crippen molar-refractivity contribution in [2.24, 2.45) is 0 Å². The molecule has 1 amide bonds. The molecule has 3 aromatic rings. The minimum absolute atomic E-state index is 0.183. The lowest BCUT2D eigenvalue weighted by Crippen LogP contribution is -2.44. The molecule has 1 aliphatic rings. The van der Waals surface area contributed by atoms with E-state index in [1.54, 1.807) is 0 Å². The first-order valence-electron chi connectivity index (χ1n) is 11.7. The third kappa shape index (κ3) is 7.46. The van der Waals surface area contributed by atoms with Gasteiger partial charge in [-0.25, -0.2) is 0 Å². The van der Waals surface area contributed by atoms with Gasteiger partial charge in [-0.15, -0.1) is 11.8 Å². The molecule has 4 rings (SSSR count). The van der Waals surface area contributed by atoms with Gasteiger partial charge < -0.3 is 9.80 Å². The Morgan fingerprint density at radius 2 is 1.48 bits per heavy atom. The van der Waals surface area contributed by atoms with Crippen molar-refractivity contribution in [3.63, 3.8) is 0 Å². The predicted molar refractivity (Wildman–Crippen MR) is 142 cm³/mol. The molecule has 0 saturated carbocycles. The number of hydrogen-bond donors (Lipinski definition) is 0. The highest BCUT2D eigenvalue weighted by atomic mass is 79.9. The van der Waals surface area contributed by atoms with Gasteiger partial charge in [-0.05, 0) is 48.2 Å². The Balaban J connectivity index is 1.41. The van der Waals surface area contributed by atoms with E-state index in [0.717, 1.165) is 49.2 Å². The summed E-state index contributed by atoms with van der Waals surface area (Å²) in [6, 6.07) is 29.8. The molecule has 33 heavy (non-hydrogen) atoms. The van der Waals surface area contributed by atoms with E-state index in [9.17, 15) is 4.79 Å². The lowest BCUT2D eigenvalue weighted by Gasteiger charge is -2.31. The molecule has 1 heterocycles. The molecule has 0 aliphatic carbocycles. The molecule has 1 aliphatic heterocycles. The molecular formula is C28H31BrN2OS. The van der Waals surface area contributed by atoms with Crippen LogP contribution in [0.2, 0.25) is 0 Å². The van der Waals surface area contributed by atoms with Gasteiger partial charge in [0.25, 0.3) is 0 Å². The van der Waals surface area contributed by atoms with Gasteiger partial charge >= 0.3 is 0 Å². The van der Waals surface area contributed by atoms with E-state index < -0.39 is 0 Å². The van der Waals surface area contributed by atoms with Crippen LogP contribution in [-0.2, 0) is 17.6 Å². The number of carbonyl (C=O) groups is 1.